The van der Waals surface area contributed by atoms with E-state index in [1.807, 2.05) is 11.0 Å². The van der Waals surface area contributed by atoms with Crippen LogP contribution >= 0.6 is 11.6 Å². The summed E-state index contributed by atoms with van der Waals surface area (Å²) in [6.07, 6.45) is 0.0832. The fourth-order valence-electron chi connectivity index (χ4n) is 4.44. The lowest BCUT2D eigenvalue weighted by molar-refractivity contribution is 0.0365. The number of nitriles is 1. The minimum atomic E-state index is -2.72. The molecule has 0 spiro atoms. The molecule has 1 saturated heterocycles. The third-order valence-corrected chi connectivity index (χ3v) is 6.91. The summed E-state index contributed by atoms with van der Waals surface area (Å²) >= 11 is 6.76. The molecule has 1 atom stereocenters. The molecule has 3 N–H and O–H groups in total. The van der Waals surface area contributed by atoms with E-state index < -0.39 is 12.5 Å². The number of methoxy groups -OCH3 is 1. The maximum atomic E-state index is 13.9. The molecule has 38 heavy (non-hydrogen) atoms. The zero-order valence-corrected chi connectivity index (χ0v) is 21.5. The minimum absolute atomic E-state index is 0.0892. The Balaban J connectivity index is 1.42. The van der Waals surface area contributed by atoms with E-state index in [4.69, 9.17) is 16.3 Å². The predicted molar refractivity (Wildman–Crippen MR) is 138 cm³/mol. The van der Waals surface area contributed by atoms with Gasteiger partial charge in [0.15, 0.2) is 17.2 Å². The number of imidazole rings is 1. The standard InChI is InChI=1S/C24H28ClF2N9O2/c1-38-13-17(37)12-34-4-6-35(7-5-34)19-9-14(21(26)27)8-18(20(19)25)31-24-32-22(30-15-2-3-15)23-29-11-16(10-28)36(23)33-24/h8-9,11,15,17,21,37H,2-7,12-13H2,1H3,(H2,30,31,32,33). The number of alkyl halides is 2. The summed E-state index contributed by atoms with van der Waals surface area (Å²) in [5.41, 5.74) is 1.13. The number of rotatable bonds is 10. The number of ether oxygens (including phenoxy) is 1. The Morgan fingerprint density at radius 3 is 2.68 bits per heavy atom. The molecule has 3 aromatic rings. The number of nitrogens with zero attached hydrogens (tertiary/aromatic N) is 7. The van der Waals surface area contributed by atoms with E-state index in [0.717, 1.165) is 12.8 Å². The van der Waals surface area contributed by atoms with Gasteiger partial charge < -0.3 is 25.4 Å². The molecule has 1 unspecified atom stereocenters. The lowest BCUT2D eigenvalue weighted by atomic mass is 10.1. The topological polar surface area (TPSA) is 127 Å². The normalized spacial score (nSPS) is 17.1. The third-order valence-electron chi connectivity index (χ3n) is 6.51. The molecule has 14 heteroatoms. The van der Waals surface area contributed by atoms with Crippen LogP contribution in [0.2, 0.25) is 5.02 Å². The number of aliphatic hydroxyl groups is 1. The number of fused-ring (bicyclic) bond motifs is 1. The van der Waals surface area contributed by atoms with Gasteiger partial charge in [0.25, 0.3) is 6.43 Å². The van der Waals surface area contributed by atoms with Crippen LogP contribution in [-0.4, -0.2) is 88.2 Å². The number of benzene rings is 1. The number of hydrogen-bond donors (Lipinski definition) is 3. The first-order valence-electron chi connectivity index (χ1n) is 12.3. The first-order chi connectivity index (χ1) is 18.4. The van der Waals surface area contributed by atoms with Crippen LogP contribution in [0.5, 0.6) is 0 Å². The quantitative estimate of drug-likeness (QED) is 0.348. The second kappa shape index (κ2) is 11.2. The van der Waals surface area contributed by atoms with Gasteiger partial charge in [-0.25, -0.2) is 13.8 Å². The molecule has 2 aromatic heterocycles. The Labute approximate surface area is 223 Å². The van der Waals surface area contributed by atoms with Crippen molar-refractivity contribution in [1.82, 2.24) is 24.5 Å². The number of aromatic nitrogens is 4. The zero-order chi connectivity index (χ0) is 26.8. The molecular weight excluding hydrogens is 520 g/mol. The number of β-amino-alcohol motifs (C(OH)–C–C–N with tert-alkyl or cyclic N) is 1. The molecule has 202 valence electrons. The zero-order valence-electron chi connectivity index (χ0n) is 20.7. The first kappa shape index (κ1) is 26.3. The van der Waals surface area contributed by atoms with Gasteiger partial charge in [0, 0.05) is 51.4 Å². The molecule has 2 aliphatic rings. The Bertz CT molecular complexity index is 1340. The Morgan fingerprint density at radius 2 is 2.03 bits per heavy atom. The van der Waals surface area contributed by atoms with Crippen LogP contribution in [0.1, 0.15) is 30.5 Å². The molecule has 1 aliphatic carbocycles. The van der Waals surface area contributed by atoms with E-state index in [1.54, 1.807) is 0 Å². The maximum absolute atomic E-state index is 13.9. The Hall–Kier alpha value is -3.31. The summed E-state index contributed by atoms with van der Waals surface area (Å²) < 4.78 is 34.1. The number of halogens is 3. The van der Waals surface area contributed by atoms with Gasteiger partial charge in [0.1, 0.15) is 6.07 Å². The van der Waals surface area contributed by atoms with Crippen molar-refractivity contribution in [3.63, 3.8) is 0 Å². The van der Waals surface area contributed by atoms with Crippen LogP contribution in [0.4, 0.5) is 31.9 Å². The highest BCUT2D eigenvalue weighted by Crippen LogP contribution is 2.39. The van der Waals surface area contributed by atoms with Crippen LogP contribution in [0.15, 0.2) is 18.3 Å². The number of piperazine rings is 1. The average molecular weight is 548 g/mol. The molecule has 0 radical (unpaired) electrons. The van der Waals surface area contributed by atoms with E-state index >= 15 is 0 Å². The van der Waals surface area contributed by atoms with E-state index in [-0.39, 0.29) is 40.6 Å². The van der Waals surface area contributed by atoms with E-state index in [9.17, 15) is 19.1 Å². The summed E-state index contributed by atoms with van der Waals surface area (Å²) in [6, 6.07) is 4.99. The molecular formula is C24H28ClF2N9O2. The maximum Gasteiger partial charge on any atom is 0.264 e. The van der Waals surface area contributed by atoms with Crippen LogP contribution in [-0.2, 0) is 4.74 Å². The molecule has 11 nitrogen and oxygen atoms in total. The van der Waals surface area contributed by atoms with Gasteiger partial charge in [-0.3, -0.25) is 4.90 Å². The first-order valence-corrected chi connectivity index (χ1v) is 12.7. The second-order valence-corrected chi connectivity index (χ2v) is 9.80. The monoisotopic (exact) mass is 547 g/mol. The van der Waals surface area contributed by atoms with E-state index in [2.05, 4.69) is 30.6 Å². The molecule has 5 rings (SSSR count). The predicted octanol–water partition coefficient (Wildman–Crippen LogP) is 3.03. The van der Waals surface area contributed by atoms with Crippen molar-refractivity contribution in [2.24, 2.45) is 0 Å². The van der Waals surface area contributed by atoms with Crippen molar-refractivity contribution in [2.45, 2.75) is 31.4 Å². The fourth-order valence-corrected chi connectivity index (χ4v) is 4.72. The summed E-state index contributed by atoms with van der Waals surface area (Å²) in [5, 5.41) is 30.4. The van der Waals surface area contributed by atoms with Gasteiger partial charge >= 0.3 is 0 Å². The number of anilines is 4. The van der Waals surface area contributed by atoms with Crippen molar-refractivity contribution in [2.75, 3.05) is 62.0 Å². The van der Waals surface area contributed by atoms with Crippen LogP contribution in [0, 0.1) is 11.3 Å². The van der Waals surface area contributed by atoms with Gasteiger partial charge in [-0.1, -0.05) is 11.6 Å². The molecule has 2 fully saturated rings. The lowest BCUT2D eigenvalue weighted by Crippen LogP contribution is -2.49. The van der Waals surface area contributed by atoms with Gasteiger partial charge in [0.05, 0.1) is 35.3 Å². The van der Waals surface area contributed by atoms with Crippen molar-refractivity contribution >= 4 is 40.4 Å². The molecule has 0 bridgehead atoms. The van der Waals surface area contributed by atoms with E-state index in [0.29, 0.717) is 49.9 Å². The summed E-state index contributed by atoms with van der Waals surface area (Å²) in [6.45, 7) is 3.07. The number of nitrogens with one attached hydrogen (secondary N) is 2. The largest absolute Gasteiger partial charge is 0.389 e. The fraction of sp³-hybridized carbons (Fsp3) is 0.500. The molecule has 1 aromatic carbocycles. The van der Waals surface area contributed by atoms with Gasteiger partial charge in [-0.15, -0.1) is 5.10 Å². The molecule has 1 aliphatic heterocycles. The average Bonchev–Trinajstić information content (AvgIpc) is 3.61. The number of hydrogen-bond acceptors (Lipinski definition) is 10. The van der Waals surface area contributed by atoms with Crippen LogP contribution in [0.25, 0.3) is 5.65 Å². The molecule has 3 heterocycles. The van der Waals surface area contributed by atoms with Crippen LogP contribution < -0.4 is 15.5 Å². The highest BCUT2D eigenvalue weighted by Gasteiger charge is 2.26. The second-order valence-electron chi connectivity index (χ2n) is 9.42. The Morgan fingerprint density at radius 1 is 1.26 bits per heavy atom. The van der Waals surface area contributed by atoms with Gasteiger partial charge in [0.2, 0.25) is 5.95 Å². The van der Waals surface area contributed by atoms with E-state index in [1.165, 1.54) is 30.0 Å². The Kier molecular flexibility index (Phi) is 7.75. The van der Waals surface area contributed by atoms with Crippen molar-refractivity contribution in [3.8, 4) is 6.07 Å². The SMILES string of the molecule is COCC(O)CN1CCN(c2cc(C(F)F)cc(Nc3nc(NC4CC4)c4ncc(C#N)n4n3)c2Cl)CC1. The van der Waals surface area contributed by atoms with Crippen LogP contribution in [0.3, 0.4) is 0 Å². The number of aliphatic hydroxyl groups excluding tert-OH is 1. The highest BCUT2D eigenvalue weighted by molar-refractivity contribution is 6.36. The van der Waals surface area contributed by atoms with Gasteiger partial charge in [-0.05, 0) is 25.0 Å². The van der Waals surface area contributed by atoms with Crippen molar-refractivity contribution < 1.29 is 18.6 Å². The summed E-state index contributed by atoms with van der Waals surface area (Å²) in [4.78, 5) is 12.8. The summed E-state index contributed by atoms with van der Waals surface area (Å²) in [5.74, 6) is 0.533. The van der Waals surface area contributed by atoms with Gasteiger partial charge in [-0.2, -0.15) is 14.8 Å². The third kappa shape index (κ3) is 5.73. The van der Waals surface area contributed by atoms with Crippen molar-refractivity contribution in [1.29, 1.82) is 5.26 Å². The highest BCUT2D eigenvalue weighted by atomic mass is 35.5. The molecule has 1 saturated carbocycles. The minimum Gasteiger partial charge on any atom is -0.389 e. The molecule has 0 amide bonds. The smallest absolute Gasteiger partial charge is 0.264 e. The summed E-state index contributed by atoms with van der Waals surface area (Å²) in [7, 11) is 1.54. The lowest BCUT2D eigenvalue weighted by Gasteiger charge is -2.37. The van der Waals surface area contributed by atoms with Crippen molar-refractivity contribution in [3.05, 3.63) is 34.6 Å².